The van der Waals surface area contributed by atoms with Gasteiger partial charge in [-0.25, -0.2) is 4.68 Å². The molecule has 2 N–H and O–H groups in total. The van der Waals surface area contributed by atoms with E-state index in [1.54, 1.807) is 32.3 Å². The number of aliphatic imine (C=N–C) groups is 1. The number of ether oxygens (including phenoxy) is 2. The van der Waals surface area contributed by atoms with Crippen molar-refractivity contribution >= 4 is 29.9 Å². The number of aromatic nitrogens is 2. The maximum Gasteiger partial charge on any atom is 0.387 e. The van der Waals surface area contributed by atoms with E-state index in [1.807, 2.05) is 29.1 Å². The zero-order valence-corrected chi connectivity index (χ0v) is 20.8. The lowest BCUT2D eigenvalue weighted by Crippen LogP contribution is -2.37. The van der Waals surface area contributed by atoms with Gasteiger partial charge in [-0.1, -0.05) is 18.2 Å². The Hall–Kier alpha value is -2.89. The van der Waals surface area contributed by atoms with Gasteiger partial charge in [0.25, 0.3) is 0 Å². The van der Waals surface area contributed by atoms with Crippen molar-refractivity contribution in [3.63, 3.8) is 0 Å². The lowest BCUT2D eigenvalue weighted by Gasteiger charge is -2.15. The average molecular weight is 571 g/mol. The lowest BCUT2D eigenvalue weighted by molar-refractivity contribution is -0.0514. The molecule has 0 aliphatic heterocycles. The molecule has 0 bridgehead atoms. The highest BCUT2D eigenvalue weighted by atomic mass is 127. The summed E-state index contributed by atoms with van der Waals surface area (Å²) in [5.41, 5.74) is 3.06. The highest BCUT2D eigenvalue weighted by Crippen LogP contribution is 2.29. The van der Waals surface area contributed by atoms with E-state index in [1.165, 1.54) is 11.6 Å². The maximum absolute atomic E-state index is 12.5. The van der Waals surface area contributed by atoms with Gasteiger partial charge in [0.15, 0.2) is 17.5 Å². The molecule has 1 aromatic heterocycles. The third-order valence-corrected chi connectivity index (χ3v) is 4.62. The van der Waals surface area contributed by atoms with Crippen LogP contribution in [0.5, 0.6) is 11.5 Å². The van der Waals surface area contributed by atoms with Crippen molar-refractivity contribution in [3.05, 3.63) is 72.1 Å². The highest BCUT2D eigenvalue weighted by molar-refractivity contribution is 14.0. The molecule has 7 nitrogen and oxygen atoms in total. The number of hydrogen-bond donors (Lipinski definition) is 2. The summed E-state index contributed by atoms with van der Waals surface area (Å²) in [7, 11) is 1.69. The fourth-order valence-electron chi connectivity index (χ4n) is 3.09. The van der Waals surface area contributed by atoms with Gasteiger partial charge >= 0.3 is 6.61 Å². The highest BCUT2D eigenvalue weighted by Gasteiger charge is 2.12. The summed E-state index contributed by atoms with van der Waals surface area (Å²) in [5, 5.41) is 10.7. The zero-order chi connectivity index (χ0) is 22.8. The van der Waals surface area contributed by atoms with E-state index >= 15 is 0 Å². The maximum atomic E-state index is 12.5. The molecule has 178 valence electrons. The molecule has 0 amide bonds. The molecule has 10 heteroatoms. The van der Waals surface area contributed by atoms with E-state index in [-0.39, 0.29) is 35.5 Å². The number of halogens is 3. The Bertz CT molecular complexity index is 999. The van der Waals surface area contributed by atoms with E-state index < -0.39 is 6.61 Å². The SMILES string of the molecule is CCOc1cc(CNC(=NC)NCCc2ccc(-n3cccn3)cc2)ccc1OC(F)F.I. The van der Waals surface area contributed by atoms with Crippen molar-refractivity contribution in [2.75, 3.05) is 20.2 Å². The summed E-state index contributed by atoms with van der Waals surface area (Å²) in [4.78, 5) is 4.23. The minimum absolute atomic E-state index is 0. The van der Waals surface area contributed by atoms with Crippen LogP contribution in [-0.2, 0) is 13.0 Å². The quantitative estimate of drug-likeness (QED) is 0.215. The molecule has 0 saturated heterocycles. The first-order valence-corrected chi connectivity index (χ1v) is 10.3. The van der Waals surface area contributed by atoms with Crippen LogP contribution >= 0.6 is 24.0 Å². The monoisotopic (exact) mass is 571 g/mol. The number of nitrogens with one attached hydrogen (secondary N) is 2. The van der Waals surface area contributed by atoms with Gasteiger partial charge in [-0.15, -0.1) is 24.0 Å². The van der Waals surface area contributed by atoms with E-state index in [2.05, 4.69) is 37.6 Å². The Kier molecular flexibility index (Phi) is 10.9. The molecular formula is C23H28F2IN5O2. The number of hydrogen-bond acceptors (Lipinski definition) is 4. The van der Waals surface area contributed by atoms with Crippen molar-refractivity contribution in [1.82, 2.24) is 20.4 Å². The second kappa shape index (κ2) is 13.6. The minimum atomic E-state index is -2.90. The van der Waals surface area contributed by atoms with Crippen LogP contribution in [0.2, 0.25) is 0 Å². The molecule has 0 saturated carbocycles. The van der Waals surface area contributed by atoms with Gasteiger partial charge in [-0.3, -0.25) is 4.99 Å². The number of alkyl halides is 2. The third kappa shape index (κ3) is 8.19. The van der Waals surface area contributed by atoms with E-state index in [4.69, 9.17) is 4.74 Å². The first-order valence-electron chi connectivity index (χ1n) is 10.3. The van der Waals surface area contributed by atoms with Crippen molar-refractivity contribution < 1.29 is 18.3 Å². The molecule has 33 heavy (non-hydrogen) atoms. The summed E-state index contributed by atoms with van der Waals surface area (Å²) in [6.45, 7) is 0.388. The Balaban J connectivity index is 0.00000385. The van der Waals surface area contributed by atoms with Crippen LogP contribution in [0.4, 0.5) is 8.78 Å². The molecule has 3 rings (SSSR count). The fraction of sp³-hybridized carbons (Fsp3) is 0.304. The summed E-state index contributed by atoms with van der Waals surface area (Å²) < 4.78 is 36.8. The van der Waals surface area contributed by atoms with Crippen LogP contribution in [0.25, 0.3) is 5.69 Å². The Morgan fingerprint density at radius 1 is 1.09 bits per heavy atom. The molecule has 2 aromatic carbocycles. The van der Waals surface area contributed by atoms with Gasteiger partial charge in [-0.2, -0.15) is 13.9 Å². The van der Waals surface area contributed by atoms with Gasteiger partial charge in [0, 0.05) is 32.5 Å². The predicted molar refractivity (Wildman–Crippen MR) is 135 cm³/mol. The number of guanidine groups is 1. The standard InChI is InChI=1S/C23H27F2N5O2.HI/c1-3-31-21-15-18(7-10-20(21)32-22(24)25)16-28-23(26-2)27-13-11-17-5-8-19(9-6-17)30-14-4-12-29-30;/h4-10,12,14-15,22H,3,11,13,16H2,1-2H3,(H2,26,27,28);1H. The van der Waals surface area contributed by atoms with E-state index in [0.717, 1.165) is 17.7 Å². The first-order chi connectivity index (χ1) is 15.6. The van der Waals surface area contributed by atoms with Gasteiger partial charge in [-0.05, 0) is 54.8 Å². The molecule has 0 unspecified atom stereocenters. The van der Waals surface area contributed by atoms with Crippen molar-refractivity contribution in [3.8, 4) is 17.2 Å². The molecule has 0 aliphatic rings. The fourth-order valence-corrected chi connectivity index (χ4v) is 3.09. The summed E-state index contributed by atoms with van der Waals surface area (Å²) in [5.74, 6) is 0.948. The number of nitrogens with zero attached hydrogens (tertiary/aromatic N) is 3. The first kappa shape index (κ1) is 26.4. The normalized spacial score (nSPS) is 11.1. The van der Waals surface area contributed by atoms with Gasteiger partial charge < -0.3 is 20.1 Å². The predicted octanol–water partition coefficient (Wildman–Crippen LogP) is 4.40. The van der Waals surface area contributed by atoms with Crippen LogP contribution in [0.1, 0.15) is 18.1 Å². The Labute approximate surface area is 209 Å². The molecule has 0 aliphatic carbocycles. The second-order valence-electron chi connectivity index (χ2n) is 6.81. The van der Waals surface area contributed by atoms with Crippen molar-refractivity contribution in [1.29, 1.82) is 0 Å². The van der Waals surface area contributed by atoms with Crippen molar-refractivity contribution in [2.45, 2.75) is 26.5 Å². The molecule has 1 heterocycles. The minimum Gasteiger partial charge on any atom is -0.490 e. The van der Waals surface area contributed by atoms with Crippen LogP contribution in [0.15, 0.2) is 65.9 Å². The largest absolute Gasteiger partial charge is 0.490 e. The van der Waals surface area contributed by atoms with E-state index in [0.29, 0.717) is 25.7 Å². The van der Waals surface area contributed by atoms with Gasteiger partial charge in [0.2, 0.25) is 0 Å². The van der Waals surface area contributed by atoms with Crippen LogP contribution in [-0.4, -0.2) is 42.6 Å². The molecular weight excluding hydrogens is 543 g/mol. The van der Waals surface area contributed by atoms with Gasteiger partial charge in [0.1, 0.15) is 0 Å². The molecule has 0 fully saturated rings. The number of rotatable bonds is 10. The Morgan fingerprint density at radius 2 is 1.85 bits per heavy atom. The molecule has 0 radical (unpaired) electrons. The van der Waals surface area contributed by atoms with Crippen LogP contribution < -0.4 is 20.1 Å². The summed E-state index contributed by atoms with van der Waals surface area (Å²) >= 11 is 0. The zero-order valence-electron chi connectivity index (χ0n) is 18.5. The van der Waals surface area contributed by atoms with Crippen molar-refractivity contribution in [2.24, 2.45) is 4.99 Å². The third-order valence-electron chi connectivity index (χ3n) is 4.62. The average Bonchev–Trinajstić information content (AvgIpc) is 3.33. The van der Waals surface area contributed by atoms with E-state index in [9.17, 15) is 8.78 Å². The topological polar surface area (TPSA) is 72.7 Å². The lowest BCUT2D eigenvalue weighted by atomic mass is 10.1. The smallest absolute Gasteiger partial charge is 0.387 e. The molecule has 0 atom stereocenters. The van der Waals surface area contributed by atoms with Crippen LogP contribution in [0.3, 0.4) is 0 Å². The molecule has 3 aromatic rings. The summed E-state index contributed by atoms with van der Waals surface area (Å²) in [6.07, 6.45) is 4.48. The Morgan fingerprint density at radius 3 is 2.48 bits per heavy atom. The summed E-state index contributed by atoms with van der Waals surface area (Å²) in [6, 6.07) is 15.0. The number of benzene rings is 2. The molecule has 0 spiro atoms. The van der Waals surface area contributed by atoms with Crippen LogP contribution in [0, 0.1) is 0 Å². The van der Waals surface area contributed by atoms with Gasteiger partial charge in [0.05, 0.1) is 12.3 Å². The second-order valence-corrected chi connectivity index (χ2v) is 6.81.